The SMILES string of the molecule is CCOc1ccccc1C(=O)NCC(=O)O[C@@H](C)C(=O)N(C)C1CCCCC1. The lowest BCUT2D eigenvalue weighted by molar-refractivity contribution is -0.158. The van der Waals surface area contributed by atoms with Gasteiger partial charge in [0.1, 0.15) is 12.3 Å². The van der Waals surface area contributed by atoms with Gasteiger partial charge in [-0.1, -0.05) is 31.4 Å². The maximum atomic E-state index is 12.5. The van der Waals surface area contributed by atoms with Crippen molar-refractivity contribution in [3.8, 4) is 5.75 Å². The number of carbonyl (C=O) groups is 3. The molecule has 0 heterocycles. The quantitative estimate of drug-likeness (QED) is 0.690. The van der Waals surface area contributed by atoms with Gasteiger partial charge in [-0.05, 0) is 38.8 Å². The van der Waals surface area contributed by atoms with Gasteiger partial charge in [-0.3, -0.25) is 14.4 Å². The molecule has 1 aliphatic carbocycles. The third-order valence-electron chi connectivity index (χ3n) is 4.95. The fourth-order valence-corrected chi connectivity index (χ4v) is 3.41. The number of esters is 1. The lowest BCUT2D eigenvalue weighted by atomic mass is 9.94. The van der Waals surface area contributed by atoms with Crippen molar-refractivity contribution in [3.05, 3.63) is 29.8 Å². The van der Waals surface area contributed by atoms with Crippen LogP contribution >= 0.6 is 0 Å². The molecule has 1 N–H and O–H groups in total. The summed E-state index contributed by atoms with van der Waals surface area (Å²) in [6.07, 6.45) is 4.52. The average Bonchev–Trinajstić information content (AvgIpc) is 2.72. The maximum Gasteiger partial charge on any atom is 0.326 e. The Morgan fingerprint density at radius 2 is 1.86 bits per heavy atom. The smallest absolute Gasteiger partial charge is 0.326 e. The van der Waals surface area contributed by atoms with Crippen LogP contribution in [0.5, 0.6) is 5.75 Å². The Balaban J connectivity index is 1.83. The molecule has 0 saturated heterocycles. The molecule has 1 fully saturated rings. The number of hydrogen-bond donors (Lipinski definition) is 1. The number of likely N-dealkylation sites (N-methyl/N-ethyl adjacent to an activating group) is 1. The summed E-state index contributed by atoms with van der Waals surface area (Å²) in [5, 5.41) is 2.52. The van der Waals surface area contributed by atoms with Gasteiger partial charge in [-0.15, -0.1) is 0 Å². The Hall–Kier alpha value is -2.57. The van der Waals surface area contributed by atoms with Crippen molar-refractivity contribution in [1.29, 1.82) is 0 Å². The third-order valence-corrected chi connectivity index (χ3v) is 4.95. The van der Waals surface area contributed by atoms with E-state index in [0.717, 1.165) is 25.7 Å². The van der Waals surface area contributed by atoms with Crippen LogP contribution in [0.2, 0.25) is 0 Å². The molecule has 0 unspecified atom stereocenters. The minimum atomic E-state index is -0.882. The van der Waals surface area contributed by atoms with E-state index in [1.165, 1.54) is 6.42 Å². The van der Waals surface area contributed by atoms with Gasteiger partial charge in [0.2, 0.25) is 0 Å². The summed E-state index contributed by atoms with van der Waals surface area (Å²) in [6.45, 7) is 3.51. The standard InChI is InChI=1S/C21H30N2O5/c1-4-27-18-13-9-8-12-17(18)20(25)22-14-19(24)28-15(2)21(26)23(3)16-10-6-5-7-11-16/h8-9,12-13,15-16H,4-7,10-11,14H2,1-3H3,(H,22,25)/t15-/m0/s1. The molecule has 0 aliphatic heterocycles. The lowest BCUT2D eigenvalue weighted by Crippen LogP contribution is -2.45. The Labute approximate surface area is 166 Å². The highest BCUT2D eigenvalue weighted by Gasteiger charge is 2.27. The van der Waals surface area contributed by atoms with E-state index in [0.29, 0.717) is 17.9 Å². The summed E-state index contributed by atoms with van der Waals surface area (Å²) >= 11 is 0. The minimum absolute atomic E-state index is 0.206. The molecule has 1 saturated carbocycles. The first-order valence-corrected chi connectivity index (χ1v) is 9.90. The molecule has 1 atom stereocenters. The zero-order chi connectivity index (χ0) is 20.5. The normalized spacial score (nSPS) is 15.4. The highest BCUT2D eigenvalue weighted by atomic mass is 16.5. The third kappa shape index (κ3) is 5.97. The van der Waals surface area contributed by atoms with E-state index in [1.807, 2.05) is 6.92 Å². The van der Waals surface area contributed by atoms with Gasteiger partial charge in [0, 0.05) is 13.1 Å². The molecule has 7 nitrogen and oxygen atoms in total. The Kier molecular flexibility index (Phi) is 8.29. The molecule has 0 aromatic heterocycles. The van der Waals surface area contributed by atoms with E-state index in [1.54, 1.807) is 43.1 Å². The number of nitrogens with zero attached hydrogens (tertiary/aromatic N) is 1. The van der Waals surface area contributed by atoms with Crippen LogP contribution in [0.4, 0.5) is 0 Å². The maximum absolute atomic E-state index is 12.5. The average molecular weight is 390 g/mol. The van der Waals surface area contributed by atoms with Crippen molar-refractivity contribution in [3.63, 3.8) is 0 Å². The first kappa shape index (κ1) is 21.7. The number of benzene rings is 1. The monoisotopic (exact) mass is 390 g/mol. The summed E-state index contributed by atoms with van der Waals surface area (Å²) in [6, 6.07) is 7.01. The van der Waals surface area contributed by atoms with E-state index in [2.05, 4.69) is 5.32 Å². The zero-order valence-electron chi connectivity index (χ0n) is 16.9. The lowest BCUT2D eigenvalue weighted by Gasteiger charge is -2.32. The van der Waals surface area contributed by atoms with Gasteiger partial charge in [-0.2, -0.15) is 0 Å². The van der Waals surface area contributed by atoms with Gasteiger partial charge in [0.25, 0.3) is 11.8 Å². The Morgan fingerprint density at radius 1 is 1.18 bits per heavy atom. The summed E-state index contributed by atoms with van der Waals surface area (Å²) in [7, 11) is 1.76. The van der Waals surface area contributed by atoms with Crippen LogP contribution in [0.15, 0.2) is 24.3 Å². The fourth-order valence-electron chi connectivity index (χ4n) is 3.41. The van der Waals surface area contributed by atoms with Crippen molar-refractivity contribution < 1.29 is 23.9 Å². The van der Waals surface area contributed by atoms with Crippen LogP contribution in [0.25, 0.3) is 0 Å². The van der Waals surface area contributed by atoms with Crippen molar-refractivity contribution in [1.82, 2.24) is 10.2 Å². The van der Waals surface area contributed by atoms with Crippen LogP contribution < -0.4 is 10.1 Å². The molecule has 2 amide bonds. The molecule has 7 heteroatoms. The van der Waals surface area contributed by atoms with Crippen LogP contribution in [0, 0.1) is 0 Å². The molecule has 2 rings (SSSR count). The van der Waals surface area contributed by atoms with Crippen LogP contribution in [0.3, 0.4) is 0 Å². The van der Waals surface area contributed by atoms with Crippen LogP contribution in [-0.2, 0) is 14.3 Å². The number of rotatable bonds is 8. The van der Waals surface area contributed by atoms with E-state index >= 15 is 0 Å². The summed E-state index contributed by atoms with van der Waals surface area (Å²) in [5.74, 6) is -0.846. The van der Waals surface area contributed by atoms with Gasteiger partial charge in [-0.25, -0.2) is 0 Å². The number of amides is 2. The molecule has 0 spiro atoms. The van der Waals surface area contributed by atoms with Crippen molar-refractivity contribution in [2.45, 2.75) is 58.1 Å². The number of hydrogen-bond acceptors (Lipinski definition) is 5. The highest BCUT2D eigenvalue weighted by Crippen LogP contribution is 2.22. The Morgan fingerprint density at radius 3 is 2.54 bits per heavy atom. The van der Waals surface area contributed by atoms with Crippen LogP contribution in [-0.4, -0.2) is 55.0 Å². The number of nitrogens with one attached hydrogen (secondary N) is 1. The second-order valence-corrected chi connectivity index (χ2v) is 6.98. The summed E-state index contributed by atoms with van der Waals surface area (Å²) < 4.78 is 10.6. The van der Waals surface area contributed by atoms with Gasteiger partial charge in [0.15, 0.2) is 6.10 Å². The van der Waals surface area contributed by atoms with E-state index < -0.39 is 18.0 Å². The predicted octanol–water partition coefficient (Wildman–Crippen LogP) is 2.54. The van der Waals surface area contributed by atoms with E-state index in [-0.39, 0.29) is 18.5 Å². The number of ether oxygens (including phenoxy) is 2. The highest BCUT2D eigenvalue weighted by molar-refractivity contribution is 5.98. The first-order chi connectivity index (χ1) is 13.4. The van der Waals surface area contributed by atoms with Crippen molar-refractivity contribution in [2.24, 2.45) is 0 Å². The Bertz CT molecular complexity index is 685. The minimum Gasteiger partial charge on any atom is -0.493 e. The second kappa shape index (κ2) is 10.7. The molecular formula is C21H30N2O5. The summed E-state index contributed by atoms with van der Waals surface area (Å²) in [4.78, 5) is 38.6. The zero-order valence-corrected chi connectivity index (χ0v) is 16.9. The molecule has 0 bridgehead atoms. The molecule has 0 radical (unpaired) electrons. The number of para-hydroxylation sites is 1. The van der Waals surface area contributed by atoms with Crippen LogP contribution in [0.1, 0.15) is 56.3 Å². The molecular weight excluding hydrogens is 360 g/mol. The molecule has 154 valence electrons. The first-order valence-electron chi connectivity index (χ1n) is 9.90. The predicted molar refractivity (Wildman–Crippen MR) is 105 cm³/mol. The van der Waals surface area contributed by atoms with Gasteiger partial charge in [0.05, 0.1) is 12.2 Å². The summed E-state index contributed by atoms with van der Waals surface area (Å²) in [5.41, 5.74) is 0.346. The van der Waals surface area contributed by atoms with E-state index in [4.69, 9.17) is 9.47 Å². The molecule has 1 aromatic carbocycles. The topological polar surface area (TPSA) is 84.9 Å². The fraction of sp³-hybridized carbons (Fsp3) is 0.571. The molecule has 1 aliphatic rings. The molecule has 28 heavy (non-hydrogen) atoms. The van der Waals surface area contributed by atoms with Crippen molar-refractivity contribution in [2.75, 3.05) is 20.2 Å². The number of carbonyl (C=O) groups excluding carboxylic acids is 3. The van der Waals surface area contributed by atoms with Gasteiger partial charge >= 0.3 is 5.97 Å². The van der Waals surface area contributed by atoms with Crippen molar-refractivity contribution >= 4 is 17.8 Å². The second-order valence-electron chi connectivity index (χ2n) is 6.98. The van der Waals surface area contributed by atoms with E-state index in [9.17, 15) is 14.4 Å². The van der Waals surface area contributed by atoms with Gasteiger partial charge < -0.3 is 19.7 Å². The molecule has 1 aromatic rings. The largest absolute Gasteiger partial charge is 0.493 e.